The van der Waals surface area contributed by atoms with E-state index < -0.39 is 28.8 Å². The first-order valence-electron chi connectivity index (χ1n) is 6.00. The number of halogens is 4. The molecule has 1 rings (SSSR count). The number of hydrogen-bond donors (Lipinski definition) is 1. The van der Waals surface area contributed by atoms with E-state index in [4.69, 9.17) is 0 Å². The Balaban J connectivity index is 3.23. The molecule has 0 radical (unpaired) electrons. The molecule has 0 amide bonds. The standard InChI is InChI=1S/C11H16BrF3N2O2S2/c1-7(2)17(6-11(13,14)15)21(18,19)9-4-8(5-16-3)20-10(9)12/h4,7,16H,5-6H2,1-3H3. The van der Waals surface area contributed by atoms with Gasteiger partial charge in [0.05, 0.1) is 3.79 Å². The van der Waals surface area contributed by atoms with Crippen molar-refractivity contribution in [2.75, 3.05) is 13.6 Å². The molecule has 0 fully saturated rings. The summed E-state index contributed by atoms with van der Waals surface area (Å²) in [5, 5.41) is 2.87. The molecule has 0 aromatic carbocycles. The third-order valence-electron chi connectivity index (χ3n) is 2.56. The van der Waals surface area contributed by atoms with E-state index in [0.717, 1.165) is 4.88 Å². The largest absolute Gasteiger partial charge is 0.402 e. The van der Waals surface area contributed by atoms with Gasteiger partial charge >= 0.3 is 6.18 Å². The number of thiophene rings is 1. The Bertz CT molecular complexity index is 585. The fourth-order valence-corrected chi connectivity index (χ4v) is 5.95. The van der Waals surface area contributed by atoms with Gasteiger partial charge in [-0.15, -0.1) is 11.3 Å². The Morgan fingerprint density at radius 2 is 2.00 bits per heavy atom. The average Bonchev–Trinajstić information content (AvgIpc) is 2.67. The van der Waals surface area contributed by atoms with Crippen LogP contribution in [-0.4, -0.2) is 38.5 Å². The predicted octanol–water partition coefficient (Wildman–Crippen LogP) is 3.19. The Morgan fingerprint density at radius 1 is 1.43 bits per heavy atom. The van der Waals surface area contributed by atoms with Crippen LogP contribution in [0.2, 0.25) is 0 Å². The van der Waals surface area contributed by atoms with Gasteiger partial charge in [-0.2, -0.15) is 17.5 Å². The quantitative estimate of drug-likeness (QED) is 0.785. The predicted molar refractivity (Wildman–Crippen MR) is 79.9 cm³/mol. The van der Waals surface area contributed by atoms with E-state index in [0.29, 0.717) is 14.6 Å². The zero-order valence-electron chi connectivity index (χ0n) is 11.7. The summed E-state index contributed by atoms with van der Waals surface area (Å²) in [7, 11) is -2.51. The lowest BCUT2D eigenvalue weighted by Crippen LogP contribution is -2.43. The summed E-state index contributed by atoms with van der Waals surface area (Å²) in [6, 6.07) is 0.600. The first-order chi connectivity index (χ1) is 9.49. The molecule has 4 nitrogen and oxygen atoms in total. The van der Waals surface area contributed by atoms with Gasteiger partial charge in [-0.05, 0) is 42.9 Å². The van der Waals surface area contributed by atoms with Crippen molar-refractivity contribution in [1.82, 2.24) is 9.62 Å². The summed E-state index contributed by atoms with van der Waals surface area (Å²) in [4.78, 5) is 0.592. The third kappa shape index (κ3) is 4.92. The SMILES string of the molecule is CNCc1cc(S(=O)(=O)N(CC(F)(F)F)C(C)C)c(Br)s1. The molecule has 0 bridgehead atoms. The van der Waals surface area contributed by atoms with E-state index in [1.165, 1.54) is 31.3 Å². The molecule has 0 unspecified atom stereocenters. The van der Waals surface area contributed by atoms with Crippen molar-refractivity contribution in [3.63, 3.8) is 0 Å². The molecular weight excluding hydrogens is 393 g/mol. The van der Waals surface area contributed by atoms with E-state index >= 15 is 0 Å². The summed E-state index contributed by atoms with van der Waals surface area (Å²) >= 11 is 4.30. The average molecular weight is 409 g/mol. The minimum atomic E-state index is -4.59. The normalized spacial score (nSPS) is 13.4. The second kappa shape index (κ2) is 6.95. The summed E-state index contributed by atoms with van der Waals surface area (Å²) in [5.41, 5.74) is 0. The number of alkyl halides is 3. The molecule has 0 atom stereocenters. The molecule has 0 aliphatic carbocycles. The number of hydrogen-bond acceptors (Lipinski definition) is 4. The number of nitrogens with zero attached hydrogens (tertiary/aromatic N) is 1. The summed E-state index contributed by atoms with van der Waals surface area (Å²) < 4.78 is 63.6. The van der Waals surface area contributed by atoms with Crippen molar-refractivity contribution in [3.8, 4) is 0 Å². The lowest BCUT2D eigenvalue weighted by atomic mass is 10.4. The molecule has 0 spiro atoms. The maximum absolute atomic E-state index is 12.6. The van der Waals surface area contributed by atoms with Crippen molar-refractivity contribution in [2.24, 2.45) is 0 Å². The zero-order chi connectivity index (χ0) is 16.4. The lowest BCUT2D eigenvalue weighted by Gasteiger charge is -2.26. The second-order valence-corrected chi connectivity index (χ2v) is 8.95. The molecule has 10 heteroatoms. The van der Waals surface area contributed by atoms with Crippen LogP contribution in [-0.2, 0) is 16.6 Å². The van der Waals surface area contributed by atoms with Crippen molar-refractivity contribution in [2.45, 2.75) is 37.5 Å². The van der Waals surface area contributed by atoms with Crippen molar-refractivity contribution in [3.05, 3.63) is 14.7 Å². The van der Waals surface area contributed by atoms with Crippen LogP contribution in [0.15, 0.2) is 14.7 Å². The van der Waals surface area contributed by atoms with Gasteiger partial charge in [-0.25, -0.2) is 8.42 Å². The Hall–Kier alpha value is -0.160. The maximum atomic E-state index is 12.6. The van der Waals surface area contributed by atoms with Crippen LogP contribution in [0.4, 0.5) is 13.2 Å². The van der Waals surface area contributed by atoms with E-state index in [-0.39, 0.29) is 4.90 Å². The number of nitrogens with one attached hydrogen (secondary N) is 1. The number of sulfonamides is 1. The van der Waals surface area contributed by atoms with Gasteiger partial charge in [-0.1, -0.05) is 0 Å². The van der Waals surface area contributed by atoms with Crippen molar-refractivity contribution < 1.29 is 21.6 Å². The zero-order valence-corrected chi connectivity index (χ0v) is 14.9. The van der Waals surface area contributed by atoms with Gasteiger partial charge in [0.15, 0.2) is 0 Å². The molecule has 122 valence electrons. The lowest BCUT2D eigenvalue weighted by molar-refractivity contribution is -0.138. The Morgan fingerprint density at radius 3 is 2.43 bits per heavy atom. The molecule has 1 N–H and O–H groups in total. The molecule has 21 heavy (non-hydrogen) atoms. The minimum absolute atomic E-state index is 0.129. The van der Waals surface area contributed by atoms with E-state index in [9.17, 15) is 21.6 Å². The van der Waals surface area contributed by atoms with Gasteiger partial charge in [0.1, 0.15) is 11.4 Å². The third-order valence-corrected chi connectivity index (χ3v) is 6.83. The highest BCUT2D eigenvalue weighted by molar-refractivity contribution is 9.11. The van der Waals surface area contributed by atoms with Crippen LogP contribution in [0.5, 0.6) is 0 Å². The van der Waals surface area contributed by atoms with Crippen molar-refractivity contribution in [1.29, 1.82) is 0 Å². The van der Waals surface area contributed by atoms with Gasteiger partial charge < -0.3 is 5.32 Å². The van der Waals surface area contributed by atoms with E-state index in [1.807, 2.05) is 0 Å². The fourth-order valence-electron chi connectivity index (χ4n) is 1.68. The van der Waals surface area contributed by atoms with E-state index in [2.05, 4.69) is 21.2 Å². The van der Waals surface area contributed by atoms with Gasteiger partial charge in [0.2, 0.25) is 10.0 Å². The summed E-state index contributed by atoms with van der Waals surface area (Å²) in [5.74, 6) is 0. The topological polar surface area (TPSA) is 49.4 Å². The minimum Gasteiger partial charge on any atom is -0.315 e. The molecule has 1 heterocycles. The molecule has 0 aliphatic rings. The molecule has 0 saturated heterocycles. The first-order valence-corrected chi connectivity index (χ1v) is 9.05. The molecule has 1 aromatic rings. The monoisotopic (exact) mass is 408 g/mol. The van der Waals surface area contributed by atoms with Crippen LogP contribution >= 0.6 is 27.3 Å². The molecule has 0 saturated carbocycles. The van der Waals surface area contributed by atoms with Crippen LogP contribution in [0.3, 0.4) is 0 Å². The van der Waals surface area contributed by atoms with Crippen molar-refractivity contribution >= 4 is 37.3 Å². The smallest absolute Gasteiger partial charge is 0.315 e. The highest BCUT2D eigenvalue weighted by Crippen LogP contribution is 2.35. The highest BCUT2D eigenvalue weighted by Gasteiger charge is 2.39. The van der Waals surface area contributed by atoms with Crippen LogP contribution in [0.25, 0.3) is 0 Å². The van der Waals surface area contributed by atoms with Gasteiger partial charge in [-0.3, -0.25) is 0 Å². The van der Waals surface area contributed by atoms with Gasteiger partial charge in [0.25, 0.3) is 0 Å². The van der Waals surface area contributed by atoms with E-state index in [1.54, 1.807) is 7.05 Å². The van der Waals surface area contributed by atoms with Crippen LogP contribution in [0.1, 0.15) is 18.7 Å². The van der Waals surface area contributed by atoms with Crippen LogP contribution < -0.4 is 5.32 Å². The summed E-state index contributed by atoms with van der Waals surface area (Å²) in [6.45, 7) is 1.77. The number of rotatable bonds is 6. The maximum Gasteiger partial charge on any atom is 0.402 e. The van der Waals surface area contributed by atoms with Crippen LogP contribution in [0, 0.1) is 0 Å². The fraction of sp³-hybridized carbons (Fsp3) is 0.636. The highest BCUT2D eigenvalue weighted by atomic mass is 79.9. The Labute approximate surface area is 134 Å². The second-order valence-electron chi connectivity index (χ2n) is 4.64. The molecule has 1 aromatic heterocycles. The Kier molecular flexibility index (Phi) is 6.25. The first kappa shape index (κ1) is 18.9. The summed E-state index contributed by atoms with van der Waals surface area (Å²) in [6.07, 6.45) is -4.59. The molecule has 0 aliphatic heterocycles. The molecular formula is C11H16BrF3N2O2S2. The van der Waals surface area contributed by atoms with Gasteiger partial charge in [0, 0.05) is 17.5 Å².